The van der Waals surface area contributed by atoms with Crippen LogP contribution in [0.15, 0.2) is 0 Å². The number of rotatable bonds is 13. The highest BCUT2D eigenvalue weighted by atomic mass is 16.5. The van der Waals surface area contributed by atoms with E-state index in [1.54, 1.807) is 0 Å². The van der Waals surface area contributed by atoms with Crippen LogP contribution < -0.4 is 0 Å². The third-order valence-corrected chi connectivity index (χ3v) is 6.25. The van der Waals surface area contributed by atoms with E-state index in [-0.39, 0.29) is 17.8 Å². The maximum atomic E-state index is 6.58. The fraction of sp³-hybridized carbons (Fsp3) is 1.00. The predicted molar refractivity (Wildman–Crippen MR) is 112 cm³/mol. The molecule has 0 saturated carbocycles. The number of hydrogen-bond acceptors (Lipinski definition) is 2. The molecule has 3 heteroatoms. The summed E-state index contributed by atoms with van der Waals surface area (Å²) in [5.74, 6) is 0.712. The molecule has 0 fully saturated rings. The van der Waals surface area contributed by atoms with Gasteiger partial charge in [0, 0.05) is 6.61 Å². The van der Waals surface area contributed by atoms with Gasteiger partial charge in [0.05, 0.1) is 25.7 Å². The van der Waals surface area contributed by atoms with E-state index in [4.69, 9.17) is 17.3 Å². The first kappa shape index (κ1) is 25.0. The summed E-state index contributed by atoms with van der Waals surface area (Å²) in [6, 6.07) is 0. The molecule has 0 aliphatic heterocycles. The van der Waals surface area contributed by atoms with Crippen molar-refractivity contribution in [1.29, 1.82) is 0 Å². The number of ether oxygens (including phenoxy) is 2. The monoisotopic (exact) mass is 352 g/mol. The lowest BCUT2D eigenvalue weighted by Gasteiger charge is -2.41. The van der Waals surface area contributed by atoms with Crippen LogP contribution in [0, 0.1) is 11.3 Å². The molecule has 3 unspecified atom stereocenters. The molecule has 148 valence electrons. The molecule has 2 nitrogen and oxygen atoms in total. The average Bonchev–Trinajstić information content (AvgIpc) is 2.45. The van der Waals surface area contributed by atoms with E-state index in [0.29, 0.717) is 11.3 Å². The molecular weight excluding hydrogens is 307 g/mol. The second-order valence-corrected chi connectivity index (χ2v) is 9.75. The summed E-state index contributed by atoms with van der Waals surface area (Å²) in [7, 11) is 6.58. The first-order valence-corrected chi connectivity index (χ1v) is 10.3. The third-order valence-electron chi connectivity index (χ3n) is 6.25. The Labute approximate surface area is 160 Å². The topological polar surface area (TPSA) is 18.5 Å². The van der Waals surface area contributed by atoms with Crippen molar-refractivity contribution in [2.45, 2.75) is 124 Å². The van der Waals surface area contributed by atoms with Crippen molar-refractivity contribution < 1.29 is 9.47 Å². The van der Waals surface area contributed by atoms with Gasteiger partial charge >= 0.3 is 0 Å². The van der Waals surface area contributed by atoms with E-state index in [1.807, 2.05) is 6.92 Å². The van der Waals surface area contributed by atoms with Crippen molar-refractivity contribution in [3.8, 4) is 0 Å². The van der Waals surface area contributed by atoms with E-state index < -0.39 is 5.31 Å². The fourth-order valence-electron chi connectivity index (χ4n) is 3.01. The van der Waals surface area contributed by atoms with Gasteiger partial charge in [-0.2, -0.15) is 0 Å². The lowest BCUT2D eigenvalue weighted by molar-refractivity contribution is -0.108. The SMILES string of the molecule is [B]C(C)(C(C)OCCCCC(C)(C)C(C)C)C(C)OC(C)(C)CCC. The molecule has 0 aromatic carbocycles. The molecule has 0 aliphatic rings. The highest BCUT2D eigenvalue weighted by Crippen LogP contribution is 2.37. The summed E-state index contributed by atoms with van der Waals surface area (Å²) in [6.45, 7) is 22.8. The maximum absolute atomic E-state index is 6.58. The molecule has 0 rings (SSSR count). The van der Waals surface area contributed by atoms with Crippen LogP contribution in [0.1, 0.15) is 101 Å². The molecule has 3 atom stereocenters. The van der Waals surface area contributed by atoms with Gasteiger partial charge in [0.2, 0.25) is 0 Å². The van der Waals surface area contributed by atoms with Crippen LogP contribution >= 0.6 is 0 Å². The van der Waals surface area contributed by atoms with Crippen LogP contribution in [0.3, 0.4) is 0 Å². The highest BCUT2D eigenvalue weighted by molar-refractivity contribution is 6.15. The Morgan fingerprint density at radius 3 is 1.88 bits per heavy atom. The van der Waals surface area contributed by atoms with Crippen molar-refractivity contribution in [1.82, 2.24) is 0 Å². The van der Waals surface area contributed by atoms with Crippen molar-refractivity contribution in [2.75, 3.05) is 6.61 Å². The van der Waals surface area contributed by atoms with Crippen molar-refractivity contribution in [3.63, 3.8) is 0 Å². The Kier molecular flexibility index (Phi) is 10.3. The Morgan fingerprint density at radius 2 is 1.40 bits per heavy atom. The molecule has 25 heavy (non-hydrogen) atoms. The molecule has 0 saturated heterocycles. The largest absolute Gasteiger partial charge is 0.379 e. The number of unbranched alkanes of at least 4 members (excludes halogenated alkanes) is 1. The van der Waals surface area contributed by atoms with Crippen molar-refractivity contribution in [3.05, 3.63) is 0 Å². The zero-order valence-electron chi connectivity index (χ0n) is 18.9. The van der Waals surface area contributed by atoms with E-state index in [9.17, 15) is 0 Å². The standard InChI is InChI=1S/C22H45BO2/c1-11-14-21(8,9)25-19(5)22(10,23)18(4)24-16-13-12-15-20(6,7)17(2)3/h17-19H,11-16H2,1-10H3. The van der Waals surface area contributed by atoms with Gasteiger partial charge in [-0.1, -0.05) is 54.4 Å². The molecule has 0 amide bonds. The van der Waals surface area contributed by atoms with Crippen LogP contribution in [-0.4, -0.2) is 32.3 Å². The number of hydrogen-bond donors (Lipinski definition) is 0. The minimum Gasteiger partial charge on any atom is -0.379 e. The first-order chi connectivity index (χ1) is 11.3. The fourth-order valence-corrected chi connectivity index (χ4v) is 3.01. The van der Waals surface area contributed by atoms with Crippen LogP contribution in [0.4, 0.5) is 0 Å². The predicted octanol–water partition coefficient (Wildman–Crippen LogP) is 6.57. The molecule has 0 aromatic heterocycles. The normalized spacial score (nSPS) is 18.2. The van der Waals surface area contributed by atoms with Gasteiger partial charge < -0.3 is 9.47 Å². The van der Waals surface area contributed by atoms with Gasteiger partial charge in [0.15, 0.2) is 0 Å². The Hall–Kier alpha value is -0.0151. The average molecular weight is 352 g/mol. The minimum atomic E-state index is -0.498. The van der Waals surface area contributed by atoms with Gasteiger partial charge in [-0.25, -0.2) is 0 Å². The molecule has 0 spiro atoms. The lowest BCUT2D eigenvalue weighted by Crippen LogP contribution is -2.41. The first-order valence-electron chi connectivity index (χ1n) is 10.3. The molecular formula is C22H45BO2. The molecule has 0 heterocycles. The van der Waals surface area contributed by atoms with Crippen LogP contribution in [0.2, 0.25) is 5.31 Å². The van der Waals surface area contributed by atoms with E-state index >= 15 is 0 Å². The summed E-state index contributed by atoms with van der Waals surface area (Å²) in [5.41, 5.74) is 0.262. The second-order valence-electron chi connectivity index (χ2n) is 9.75. The lowest BCUT2D eigenvalue weighted by atomic mass is 9.63. The van der Waals surface area contributed by atoms with Crippen LogP contribution in [0.25, 0.3) is 0 Å². The molecule has 0 N–H and O–H groups in total. The summed E-state index contributed by atoms with van der Waals surface area (Å²) >= 11 is 0. The van der Waals surface area contributed by atoms with Gasteiger partial charge in [-0.3, -0.25) is 0 Å². The summed E-state index contributed by atoms with van der Waals surface area (Å²) in [5, 5.41) is -0.498. The van der Waals surface area contributed by atoms with E-state index in [2.05, 4.69) is 62.3 Å². The quantitative estimate of drug-likeness (QED) is 0.275. The zero-order chi connectivity index (χ0) is 19.9. The summed E-state index contributed by atoms with van der Waals surface area (Å²) < 4.78 is 12.3. The van der Waals surface area contributed by atoms with Gasteiger partial charge in [0.1, 0.15) is 0 Å². The smallest absolute Gasteiger partial charge is 0.0813 e. The van der Waals surface area contributed by atoms with E-state index in [1.165, 1.54) is 12.8 Å². The van der Waals surface area contributed by atoms with E-state index in [0.717, 1.165) is 25.9 Å². The van der Waals surface area contributed by atoms with Gasteiger partial charge in [0.25, 0.3) is 0 Å². The molecule has 0 bridgehead atoms. The molecule has 2 radical (unpaired) electrons. The highest BCUT2D eigenvalue weighted by Gasteiger charge is 2.36. The third kappa shape index (κ3) is 8.95. The summed E-state index contributed by atoms with van der Waals surface area (Å²) in [6.07, 6.45) is 5.60. The molecule has 0 aromatic rings. The molecule has 0 aliphatic carbocycles. The Bertz CT molecular complexity index is 361. The Balaban J connectivity index is 4.33. The zero-order valence-corrected chi connectivity index (χ0v) is 18.9. The van der Waals surface area contributed by atoms with Crippen LogP contribution in [-0.2, 0) is 9.47 Å². The van der Waals surface area contributed by atoms with Gasteiger partial charge in [-0.05, 0) is 63.6 Å². The Morgan fingerprint density at radius 1 is 0.840 bits per heavy atom. The summed E-state index contributed by atoms with van der Waals surface area (Å²) in [4.78, 5) is 0. The van der Waals surface area contributed by atoms with Crippen molar-refractivity contribution in [2.24, 2.45) is 11.3 Å². The second kappa shape index (κ2) is 10.4. The van der Waals surface area contributed by atoms with Crippen molar-refractivity contribution >= 4 is 7.85 Å². The minimum absolute atomic E-state index is 0.0296. The van der Waals surface area contributed by atoms with Gasteiger partial charge in [-0.15, -0.1) is 0 Å². The maximum Gasteiger partial charge on any atom is 0.0813 e. The van der Waals surface area contributed by atoms with Crippen LogP contribution in [0.5, 0.6) is 0 Å².